The second-order valence-electron chi connectivity index (χ2n) is 34.0. The highest BCUT2D eigenvalue weighted by Gasteiger charge is 2.55. The average Bonchev–Trinajstić information content (AvgIpc) is 1.52. The van der Waals surface area contributed by atoms with Crippen LogP contribution >= 0.6 is 0 Å². The number of aromatic nitrogens is 2. The zero-order chi connectivity index (χ0) is 61.7. The smallest absolute Gasteiger partial charge is 0.252 e. The van der Waals surface area contributed by atoms with Gasteiger partial charge in [0.15, 0.2) is 0 Å². The van der Waals surface area contributed by atoms with Crippen molar-refractivity contribution in [2.75, 3.05) is 4.90 Å². The predicted molar refractivity (Wildman–Crippen MR) is 376 cm³/mol. The lowest BCUT2D eigenvalue weighted by Crippen LogP contribution is -2.60. The Labute approximate surface area is 518 Å². The van der Waals surface area contributed by atoms with E-state index < -0.39 is 5.41 Å². The molecular formula is C83H88BN3. The number of nitrogens with zero attached hydrogens (tertiary/aromatic N) is 3. The number of anilines is 3. The van der Waals surface area contributed by atoms with Crippen molar-refractivity contribution in [3.63, 3.8) is 0 Å². The zero-order valence-corrected chi connectivity index (χ0v) is 55.9. The van der Waals surface area contributed by atoms with Crippen molar-refractivity contribution in [1.82, 2.24) is 9.13 Å². The van der Waals surface area contributed by atoms with Crippen molar-refractivity contribution in [1.29, 1.82) is 0 Å². The molecule has 4 aliphatic rings. The van der Waals surface area contributed by atoms with Crippen molar-refractivity contribution < 1.29 is 0 Å². The fourth-order valence-corrected chi connectivity index (χ4v) is 15.9. The number of fused-ring (bicyclic) bond motifs is 14. The topological polar surface area (TPSA) is 13.1 Å². The van der Waals surface area contributed by atoms with E-state index in [2.05, 4.69) is 311 Å². The summed E-state index contributed by atoms with van der Waals surface area (Å²) in [5.74, 6) is 0. The third-order valence-corrected chi connectivity index (χ3v) is 21.0. The van der Waals surface area contributed by atoms with Gasteiger partial charge in [0.1, 0.15) is 0 Å². The van der Waals surface area contributed by atoms with Gasteiger partial charge < -0.3 is 14.0 Å². The van der Waals surface area contributed by atoms with Crippen LogP contribution in [0.2, 0.25) is 0 Å². The Morgan fingerprint density at radius 3 is 1.28 bits per heavy atom. The first kappa shape index (κ1) is 56.0. The Morgan fingerprint density at radius 1 is 0.333 bits per heavy atom. The SMILES string of the molecule is CC(C)(C)c1ccc(N(c2ccc(C(C)(C)C)cc2)c2ccc3c4c2c2cc(C(C)(C)C)ccc2n4-c2ccc4c5c2B3c2cc(C(C)(C)C)cc3c6cc(C(C)(C)C)cc(c6n-5c23)C42c3cc(C(C)(C)C)ccc3-c3ccc(C(C)(C)C)cc32)cc1. The maximum absolute atomic E-state index is 2.81. The van der Waals surface area contributed by atoms with Gasteiger partial charge in [-0.3, -0.25) is 0 Å². The van der Waals surface area contributed by atoms with E-state index >= 15 is 0 Å². The molecule has 0 fully saturated rings. The molecule has 1 spiro atoms. The molecule has 0 unspecified atom stereocenters. The van der Waals surface area contributed by atoms with E-state index in [0.717, 1.165) is 11.4 Å². The van der Waals surface area contributed by atoms with Crippen LogP contribution in [0.5, 0.6) is 0 Å². The van der Waals surface area contributed by atoms with Crippen molar-refractivity contribution >= 4 is 83.8 Å². The number of benzene rings is 9. The van der Waals surface area contributed by atoms with Gasteiger partial charge in [-0.2, -0.15) is 0 Å². The average molecular weight is 1140 g/mol. The molecule has 1 aliphatic carbocycles. The minimum Gasteiger partial charge on any atom is -0.310 e. The highest BCUT2D eigenvalue weighted by atomic mass is 15.2. The molecule has 3 nitrogen and oxygen atoms in total. The molecule has 438 valence electrons. The van der Waals surface area contributed by atoms with Crippen LogP contribution in [0, 0.1) is 0 Å². The Hall–Kier alpha value is -7.56. The van der Waals surface area contributed by atoms with Gasteiger partial charge in [0.2, 0.25) is 0 Å². The van der Waals surface area contributed by atoms with Gasteiger partial charge in [-0.1, -0.05) is 236 Å². The van der Waals surface area contributed by atoms with Crippen LogP contribution in [0.4, 0.5) is 17.1 Å². The Balaban J connectivity index is 1.14. The van der Waals surface area contributed by atoms with Crippen molar-refractivity contribution in [2.24, 2.45) is 0 Å². The monoisotopic (exact) mass is 1140 g/mol. The van der Waals surface area contributed by atoms with Gasteiger partial charge in [0.25, 0.3) is 6.71 Å². The van der Waals surface area contributed by atoms with E-state index in [9.17, 15) is 0 Å². The summed E-state index contributed by atoms with van der Waals surface area (Å²) >= 11 is 0. The highest BCUT2D eigenvalue weighted by molar-refractivity contribution is 7.00. The molecule has 3 aliphatic heterocycles. The number of hydrogen-bond acceptors (Lipinski definition) is 1. The molecular weight excluding hydrogens is 1050 g/mol. The Kier molecular flexibility index (Phi) is 11.2. The molecule has 0 bridgehead atoms. The fourth-order valence-electron chi connectivity index (χ4n) is 15.9. The quantitative estimate of drug-likeness (QED) is 0.161. The molecule has 0 amide bonds. The first-order chi connectivity index (χ1) is 40.6. The normalized spacial score (nSPS) is 15.0. The number of hydrogen-bond donors (Lipinski definition) is 0. The lowest BCUT2D eigenvalue weighted by atomic mass is 9.33. The van der Waals surface area contributed by atoms with Crippen LogP contribution in [0.25, 0.3) is 66.1 Å². The summed E-state index contributed by atoms with van der Waals surface area (Å²) in [4.78, 5) is 2.57. The summed E-state index contributed by atoms with van der Waals surface area (Å²) in [6.45, 7) is 49.8. The van der Waals surface area contributed by atoms with Crippen LogP contribution in [-0.2, 0) is 43.3 Å². The molecule has 5 heterocycles. The van der Waals surface area contributed by atoms with Gasteiger partial charge in [-0.15, -0.1) is 0 Å². The first-order valence-corrected chi connectivity index (χ1v) is 32.4. The van der Waals surface area contributed by atoms with E-state index in [-0.39, 0.29) is 44.6 Å². The number of rotatable bonds is 3. The lowest BCUT2D eigenvalue weighted by Gasteiger charge is -2.45. The molecule has 9 aromatic carbocycles. The van der Waals surface area contributed by atoms with Gasteiger partial charge in [-0.05, 0) is 187 Å². The Bertz CT molecular complexity index is 4690. The van der Waals surface area contributed by atoms with E-state index in [1.165, 1.54) is 149 Å². The first-order valence-electron chi connectivity index (χ1n) is 32.4. The summed E-state index contributed by atoms with van der Waals surface area (Å²) in [6, 6.07) is 62.2. The summed E-state index contributed by atoms with van der Waals surface area (Å²) in [5, 5.41) is 5.31. The summed E-state index contributed by atoms with van der Waals surface area (Å²) < 4.78 is 5.53. The van der Waals surface area contributed by atoms with E-state index in [0.29, 0.717) is 0 Å². The third kappa shape index (κ3) is 7.74. The maximum Gasteiger partial charge on any atom is 0.252 e. The predicted octanol–water partition coefficient (Wildman–Crippen LogP) is 20.3. The van der Waals surface area contributed by atoms with Gasteiger partial charge in [-0.25, -0.2) is 0 Å². The van der Waals surface area contributed by atoms with Crippen LogP contribution in [0.1, 0.15) is 207 Å². The summed E-state index contributed by atoms with van der Waals surface area (Å²) in [6.07, 6.45) is 0. The molecule has 0 N–H and O–H groups in total. The molecule has 0 saturated carbocycles. The fraction of sp³-hybridized carbons (Fsp3) is 0.349. The van der Waals surface area contributed by atoms with E-state index in [1.807, 2.05) is 0 Å². The highest BCUT2D eigenvalue weighted by Crippen LogP contribution is 2.63. The lowest BCUT2D eigenvalue weighted by molar-refractivity contribution is 0.583. The summed E-state index contributed by atoms with van der Waals surface area (Å²) in [5.41, 5.74) is 32.3. The maximum atomic E-state index is 2.81. The van der Waals surface area contributed by atoms with Crippen molar-refractivity contribution in [2.45, 2.75) is 189 Å². The molecule has 2 aromatic heterocycles. The van der Waals surface area contributed by atoms with Gasteiger partial charge in [0.05, 0.1) is 27.7 Å². The standard InChI is InChI=1S/C83H88BN3/c1-76(2,3)47-22-29-54(30-23-47)85(55-31-24-48(25-32-55)77(4,5)6)68-39-36-65-75-70(68)60-40-49(78(7,8)9)28-37-67(60)86(75)69-38-35-61-74-71(69)84(65)66-46-53(82(19,20)21)42-59-58-41-52(81(16,17)18)45-64(72(58)87(74)73(59)66)83(61)62-43-50(79(10,11)12)26-33-56(62)57-34-27-51(44-63(57)83)80(13,14)15/h22-46H,1-21H3. The second kappa shape index (κ2) is 17.4. The van der Waals surface area contributed by atoms with Crippen molar-refractivity contribution in [3.05, 3.63) is 213 Å². The molecule has 15 rings (SSSR count). The molecule has 0 atom stereocenters. The minimum atomic E-state index is -0.637. The van der Waals surface area contributed by atoms with E-state index in [4.69, 9.17) is 0 Å². The molecule has 0 radical (unpaired) electrons. The van der Waals surface area contributed by atoms with E-state index in [1.54, 1.807) is 0 Å². The van der Waals surface area contributed by atoms with Crippen LogP contribution in [-0.4, -0.2) is 15.8 Å². The van der Waals surface area contributed by atoms with Gasteiger partial charge in [0, 0.05) is 49.8 Å². The zero-order valence-electron chi connectivity index (χ0n) is 55.9. The molecule has 0 saturated heterocycles. The van der Waals surface area contributed by atoms with Crippen LogP contribution < -0.4 is 21.3 Å². The summed E-state index contributed by atoms with van der Waals surface area (Å²) in [7, 11) is 0. The van der Waals surface area contributed by atoms with Crippen molar-refractivity contribution in [3.8, 4) is 22.5 Å². The largest absolute Gasteiger partial charge is 0.310 e. The molecule has 11 aromatic rings. The molecule has 87 heavy (non-hydrogen) atoms. The molecule has 4 heteroatoms. The van der Waals surface area contributed by atoms with Crippen LogP contribution in [0.3, 0.4) is 0 Å². The third-order valence-electron chi connectivity index (χ3n) is 21.0. The van der Waals surface area contributed by atoms with Crippen LogP contribution in [0.15, 0.2) is 152 Å². The minimum absolute atomic E-state index is 0.0137. The Morgan fingerprint density at radius 2 is 0.770 bits per heavy atom. The second-order valence-corrected chi connectivity index (χ2v) is 34.0. The van der Waals surface area contributed by atoms with Gasteiger partial charge >= 0.3 is 0 Å².